The summed E-state index contributed by atoms with van der Waals surface area (Å²) in [6.07, 6.45) is -22.7. The summed E-state index contributed by atoms with van der Waals surface area (Å²) in [5, 5.41) is 105. The van der Waals surface area contributed by atoms with Crippen molar-refractivity contribution in [1.82, 2.24) is 5.32 Å². The molecule has 0 saturated carbocycles. The molecule has 3 fully saturated rings. The fourth-order valence-electron chi connectivity index (χ4n) is 6.16. The maximum absolute atomic E-state index is 12.3. The Labute approximate surface area is 308 Å². The molecule has 11 N–H and O–H groups in total. The van der Waals surface area contributed by atoms with Crippen LogP contribution in [-0.4, -0.2) is 194 Å². The highest BCUT2D eigenvalue weighted by Crippen LogP contribution is 2.33. The summed E-state index contributed by atoms with van der Waals surface area (Å²) < 4.78 is 39.3. The molecule has 1 amide bonds. The van der Waals surface area contributed by atoms with E-state index >= 15 is 0 Å². The Morgan fingerprint density at radius 3 is 1.96 bits per heavy atom. The second-order valence-corrected chi connectivity index (χ2v) is 13.0. The van der Waals surface area contributed by atoms with Crippen LogP contribution in [0.3, 0.4) is 0 Å². The van der Waals surface area contributed by atoms with Crippen LogP contribution in [0.15, 0.2) is 24.3 Å². The Hall–Kier alpha value is -2.97. The molecule has 15 atom stereocenters. The topological polar surface area (TPSA) is 330 Å². The van der Waals surface area contributed by atoms with E-state index in [1.165, 1.54) is 24.3 Å². The molecule has 306 valence electrons. The fourth-order valence-corrected chi connectivity index (χ4v) is 6.16. The molecular formula is C33H49NO20. The zero-order valence-corrected chi connectivity index (χ0v) is 29.2. The summed E-state index contributed by atoms with van der Waals surface area (Å²) in [5.74, 6) is -1.79. The lowest BCUT2D eigenvalue weighted by molar-refractivity contribution is -0.376. The molecule has 3 heterocycles. The van der Waals surface area contributed by atoms with Crippen molar-refractivity contribution in [1.29, 1.82) is 0 Å². The van der Waals surface area contributed by atoms with Crippen LogP contribution in [-0.2, 0) is 38.0 Å². The van der Waals surface area contributed by atoms with Gasteiger partial charge in [0.2, 0.25) is 5.91 Å². The zero-order valence-electron chi connectivity index (χ0n) is 29.2. The number of carbonyl (C=O) groups is 3. The van der Waals surface area contributed by atoms with Crippen molar-refractivity contribution in [2.45, 2.75) is 118 Å². The van der Waals surface area contributed by atoms with E-state index in [0.29, 0.717) is 12.8 Å². The van der Waals surface area contributed by atoms with Crippen LogP contribution in [0.4, 0.5) is 0 Å². The van der Waals surface area contributed by atoms with E-state index in [1.807, 2.05) is 0 Å². The first-order valence-corrected chi connectivity index (χ1v) is 17.2. The minimum atomic E-state index is -1.96. The smallest absolute Gasteiger partial charge is 0.335 e. The third-order valence-corrected chi connectivity index (χ3v) is 9.09. The number of ether oxygens (including phenoxy) is 7. The molecule has 21 heteroatoms. The number of rotatable bonds is 18. The van der Waals surface area contributed by atoms with Crippen LogP contribution in [0.5, 0.6) is 5.75 Å². The highest BCUT2D eigenvalue weighted by Gasteiger charge is 2.54. The van der Waals surface area contributed by atoms with Gasteiger partial charge in [0.15, 0.2) is 24.7 Å². The zero-order chi connectivity index (χ0) is 39.7. The minimum Gasteiger partial charge on any atom is -0.486 e. The summed E-state index contributed by atoms with van der Waals surface area (Å²) in [6.45, 7) is -1.57. The molecule has 0 aromatic heterocycles. The summed E-state index contributed by atoms with van der Waals surface area (Å²) in [5.41, 5.74) is 0.00879. The average Bonchev–Trinajstić information content (AvgIpc) is 3.15. The van der Waals surface area contributed by atoms with E-state index < -0.39 is 124 Å². The average molecular weight is 780 g/mol. The predicted molar refractivity (Wildman–Crippen MR) is 174 cm³/mol. The standard InChI is InChI=1S/C33H49NO20/c1-14(38)34-21-24(42)28(20(12-37)52-31(21)48-8-3-2-6-16(39)13-49-17-7-4-5-15(9-17)30(46)47)53-33-27(45)29(23(41)19(11-36)51-33)54-32-26(44)25(43)22(40)18(10-35)50-32/h4-5,7,9,18-29,31-33,35-37,40-45H,2-3,6,8,10-13H2,1H3,(H,34,38)(H,46,47)/t18?,19?,20?,21?,22-,23-,24+,25-,26?,27?,28+,29-,31+,32+,33-/m0/s1. The summed E-state index contributed by atoms with van der Waals surface area (Å²) in [4.78, 5) is 35.6. The highest BCUT2D eigenvalue weighted by atomic mass is 16.8. The van der Waals surface area contributed by atoms with Crippen LogP contribution >= 0.6 is 0 Å². The largest absolute Gasteiger partial charge is 0.486 e. The Morgan fingerprint density at radius 2 is 1.33 bits per heavy atom. The van der Waals surface area contributed by atoms with Crippen molar-refractivity contribution in [3.05, 3.63) is 29.8 Å². The number of aliphatic hydroxyl groups excluding tert-OH is 9. The van der Waals surface area contributed by atoms with E-state index in [1.54, 1.807) is 0 Å². The number of benzene rings is 1. The maximum atomic E-state index is 12.3. The third-order valence-electron chi connectivity index (χ3n) is 9.09. The van der Waals surface area contributed by atoms with E-state index in [2.05, 4.69) is 5.32 Å². The molecule has 21 nitrogen and oxygen atoms in total. The number of aromatic carboxylic acids is 1. The van der Waals surface area contributed by atoms with Gasteiger partial charge in [-0.3, -0.25) is 9.59 Å². The molecule has 1 aromatic rings. The third kappa shape index (κ3) is 10.9. The van der Waals surface area contributed by atoms with Crippen molar-refractivity contribution >= 4 is 17.7 Å². The molecule has 3 aliphatic rings. The van der Waals surface area contributed by atoms with Crippen LogP contribution in [0.25, 0.3) is 0 Å². The Bertz CT molecular complexity index is 1370. The second kappa shape index (κ2) is 20.3. The van der Waals surface area contributed by atoms with Crippen LogP contribution in [0.2, 0.25) is 0 Å². The lowest BCUT2D eigenvalue weighted by atomic mass is 9.95. The SMILES string of the molecule is CC(=O)NC1[C@H](OCCCCC(=O)COc2cccc(C(=O)O)c2)OC(CO)[C@@H](O[C@@H]2OC(CO)[C@H](O)[C@H](O[C@H]3OC(CO)[C@H](O)[C@H](O)C3O)C2O)[C@@H]1O. The molecule has 0 aliphatic carbocycles. The maximum Gasteiger partial charge on any atom is 0.335 e. The number of ketones is 1. The molecular weight excluding hydrogens is 730 g/mol. The van der Waals surface area contributed by atoms with Crippen molar-refractivity contribution < 1.29 is 98.6 Å². The monoisotopic (exact) mass is 779 g/mol. The first kappa shape index (κ1) is 43.8. The van der Waals surface area contributed by atoms with E-state index in [-0.39, 0.29) is 36.7 Å². The Morgan fingerprint density at radius 1 is 0.722 bits per heavy atom. The van der Waals surface area contributed by atoms with Gasteiger partial charge in [-0.05, 0) is 31.0 Å². The summed E-state index contributed by atoms with van der Waals surface area (Å²) in [6, 6.07) is 4.38. The van der Waals surface area contributed by atoms with Gasteiger partial charge >= 0.3 is 5.97 Å². The molecule has 1 aromatic carbocycles. The lowest BCUT2D eigenvalue weighted by Crippen LogP contribution is -2.68. The normalized spacial score (nSPS) is 37.0. The molecule has 0 bridgehead atoms. The van der Waals surface area contributed by atoms with Gasteiger partial charge in [0.25, 0.3) is 0 Å². The van der Waals surface area contributed by atoms with E-state index in [9.17, 15) is 60.3 Å². The molecule has 0 radical (unpaired) electrons. The minimum absolute atomic E-state index is 0.00879. The van der Waals surface area contributed by atoms with E-state index in [0.717, 1.165) is 6.92 Å². The highest BCUT2D eigenvalue weighted by molar-refractivity contribution is 5.88. The first-order chi connectivity index (χ1) is 25.7. The molecule has 3 aliphatic heterocycles. The van der Waals surface area contributed by atoms with Gasteiger partial charge in [-0.15, -0.1) is 0 Å². The lowest BCUT2D eigenvalue weighted by Gasteiger charge is -2.48. The van der Waals surface area contributed by atoms with Crippen LogP contribution < -0.4 is 10.1 Å². The molecule has 54 heavy (non-hydrogen) atoms. The van der Waals surface area contributed by atoms with Gasteiger partial charge in [0.1, 0.15) is 85.5 Å². The fraction of sp³-hybridized carbons (Fsp3) is 0.727. The van der Waals surface area contributed by atoms with Crippen LogP contribution in [0.1, 0.15) is 36.5 Å². The van der Waals surface area contributed by atoms with Gasteiger partial charge < -0.3 is 89.5 Å². The molecule has 6 unspecified atom stereocenters. The quantitative estimate of drug-likeness (QED) is 0.0622. The molecule has 3 saturated heterocycles. The van der Waals surface area contributed by atoms with Gasteiger partial charge in [-0.1, -0.05) is 6.07 Å². The summed E-state index contributed by atoms with van der Waals surface area (Å²) in [7, 11) is 0. The summed E-state index contributed by atoms with van der Waals surface area (Å²) >= 11 is 0. The van der Waals surface area contributed by atoms with Crippen molar-refractivity contribution in [3.8, 4) is 5.75 Å². The number of Topliss-reactive ketones (excluding diaryl/α,β-unsaturated/α-hetero) is 1. The van der Waals surface area contributed by atoms with Crippen molar-refractivity contribution in [2.24, 2.45) is 0 Å². The molecule has 4 rings (SSSR count). The van der Waals surface area contributed by atoms with Gasteiger partial charge in [0, 0.05) is 20.0 Å². The number of unbranched alkanes of at least 4 members (excludes halogenated alkanes) is 1. The van der Waals surface area contributed by atoms with E-state index in [4.69, 9.17) is 38.3 Å². The Balaban J connectivity index is 1.35. The second-order valence-electron chi connectivity index (χ2n) is 13.0. The van der Waals surface area contributed by atoms with Crippen molar-refractivity contribution in [2.75, 3.05) is 33.0 Å². The Kier molecular flexibility index (Phi) is 16.4. The predicted octanol–water partition coefficient (Wildman–Crippen LogP) is -4.89. The number of carbonyl (C=O) groups excluding carboxylic acids is 2. The first-order valence-electron chi connectivity index (χ1n) is 17.2. The number of aliphatic hydroxyl groups is 9. The van der Waals surface area contributed by atoms with Gasteiger partial charge in [-0.25, -0.2) is 4.79 Å². The van der Waals surface area contributed by atoms with Crippen LogP contribution in [0, 0.1) is 0 Å². The number of carboxylic acids is 1. The van der Waals surface area contributed by atoms with Crippen molar-refractivity contribution in [3.63, 3.8) is 0 Å². The number of nitrogens with one attached hydrogen (secondary N) is 1. The number of carboxylic acid groups (broad SMARTS) is 1. The number of hydrogen-bond donors (Lipinski definition) is 11. The number of hydrogen-bond acceptors (Lipinski definition) is 19. The van der Waals surface area contributed by atoms with Gasteiger partial charge in [0.05, 0.1) is 25.4 Å². The molecule has 0 spiro atoms. The van der Waals surface area contributed by atoms with Gasteiger partial charge in [-0.2, -0.15) is 0 Å². The number of amides is 1.